The summed E-state index contributed by atoms with van der Waals surface area (Å²) in [7, 11) is 0. The van der Waals surface area contributed by atoms with Gasteiger partial charge in [-0.1, -0.05) is 27.9 Å². The molecule has 3 heterocycles. The molecule has 6 N–H and O–H groups in total. The van der Waals surface area contributed by atoms with Gasteiger partial charge in [0.1, 0.15) is 11.5 Å². The Balaban J connectivity index is 1.64. The zero-order valence-corrected chi connectivity index (χ0v) is 14.0. The number of rotatable bonds is 2. The molecule has 3 aliphatic heterocycles. The van der Waals surface area contributed by atoms with E-state index in [4.69, 9.17) is 5.73 Å². The van der Waals surface area contributed by atoms with Crippen molar-refractivity contribution in [3.63, 3.8) is 0 Å². The van der Waals surface area contributed by atoms with Crippen molar-refractivity contribution < 1.29 is 9.18 Å². The molecule has 0 radical (unpaired) electrons. The average molecular weight is 383 g/mol. The number of carbonyl (C=O) groups is 1. The number of nitrogens with two attached hydrogens (primary N) is 1. The molecule has 0 aliphatic carbocycles. The molecule has 3 fully saturated rings. The van der Waals surface area contributed by atoms with E-state index >= 15 is 0 Å². The predicted octanol–water partition coefficient (Wildman–Crippen LogP) is -1.18. The summed E-state index contributed by atoms with van der Waals surface area (Å²) in [5, 5.41) is 7.70. The molecular formula is C11H20BrFN6OS. The van der Waals surface area contributed by atoms with Crippen LogP contribution in [0.15, 0.2) is 0 Å². The highest BCUT2D eigenvalue weighted by Gasteiger charge is 2.48. The van der Waals surface area contributed by atoms with E-state index in [1.165, 1.54) is 11.9 Å². The number of hydrazine groups is 1. The van der Waals surface area contributed by atoms with E-state index in [0.29, 0.717) is 0 Å². The van der Waals surface area contributed by atoms with Crippen molar-refractivity contribution in [2.24, 2.45) is 11.7 Å². The first-order valence-electron chi connectivity index (χ1n) is 6.99. The lowest BCUT2D eigenvalue weighted by atomic mass is 10.0. The third-order valence-electron chi connectivity index (χ3n) is 4.06. The molecule has 0 aromatic carbocycles. The minimum Gasteiger partial charge on any atom is -0.341 e. The van der Waals surface area contributed by atoms with E-state index in [-0.39, 0.29) is 41.4 Å². The van der Waals surface area contributed by atoms with Crippen LogP contribution in [-0.4, -0.2) is 58.8 Å². The fourth-order valence-corrected chi connectivity index (χ4v) is 4.71. The second-order valence-corrected chi connectivity index (χ2v) is 7.72. The molecule has 0 spiro atoms. The molecular weight excluding hydrogens is 363 g/mol. The van der Waals surface area contributed by atoms with Crippen molar-refractivity contribution in [2.75, 3.05) is 13.1 Å². The molecule has 0 aromatic rings. The van der Waals surface area contributed by atoms with Crippen molar-refractivity contribution in [1.82, 2.24) is 25.8 Å². The van der Waals surface area contributed by atoms with Gasteiger partial charge in [-0.05, 0) is 6.92 Å². The van der Waals surface area contributed by atoms with Gasteiger partial charge in [-0.15, -0.1) is 0 Å². The van der Waals surface area contributed by atoms with Crippen LogP contribution in [0.4, 0.5) is 4.39 Å². The predicted molar refractivity (Wildman–Crippen MR) is 82.8 cm³/mol. The standard InChI is InChI=1S/C11H20BrFN6OS/c1-4-7(12)11(21-18-4)16-10(20)6-8(14)17-19-3-5(13)2-15-9(6)19/h4-9,11,15,17-18H,2-3,14H2,1H3,(H,16,20). The fourth-order valence-electron chi connectivity index (χ4n) is 2.90. The van der Waals surface area contributed by atoms with Gasteiger partial charge < -0.3 is 11.1 Å². The molecule has 21 heavy (non-hydrogen) atoms. The Morgan fingerprint density at radius 3 is 3.00 bits per heavy atom. The highest BCUT2D eigenvalue weighted by Crippen LogP contribution is 2.29. The van der Waals surface area contributed by atoms with Gasteiger partial charge in [0, 0.05) is 19.1 Å². The molecule has 0 aromatic heterocycles. The second kappa shape index (κ2) is 6.26. The van der Waals surface area contributed by atoms with Gasteiger partial charge in [0.05, 0.1) is 23.1 Å². The minimum absolute atomic E-state index is 0.0498. The highest BCUT2D eigenvalue weighted by molar-refractivity contribution is 9.09. The highest BCUT2D eigenvalue weighted by atomic mass is 79.9. The molecule has 7 atom stereocenters. The van der Waals surface area contributed by atoms with Crippen LogP contribution >= 0.6 is 27.9 Å². The number of hydrogen-bond acceptors (Lipinski definition) is 7. The molecule has 3 saturated heterocycles. The van der Waals surface area contributed by atoms with Crippen molar-refractivity contribution in [2.45, 2.75) is 41.7 Å². The number of nitrogens with one attached hydrogen (secondary N) is 4. The summed E-state index contributed by atoms with van der Waals surface area (Å²) in [6, 6.07) is 0.271. The molecule has 1 amide bonds. The van der Waals surface area contributed by atoms with Crippen molar-refractivity contribution in [3.8, 4) is 0 Å². The maximum atomic E-state index is 13.4. The average Bonchev–Trinajstić information content (AvgIpc) is 2.91. The van der Waals surface area contributed by atoms with Crippen LogP contribution in [0.5, 0.6) is 0 Å². The van der Waals surface area contributed by atoms with Crippen LogP contribution < -0.4 is 26.5 Å². The van der Waals surface area contributed by atoms with Crippen LogP contribution in [-0.2, 0) is 4.79 Å². The summed E-state index contributed by atoms with van der Waals surface area (Å²) < 4.78 is 16.6. The van der Waals surface area contributed by atoms with Crippen LogP contribution in [0.2, 0.25) is 0 Å². The van der Waals surface area contributed by atoms with Crippen molar-refractivity contribution in [3.05, 3.63) is 0 Å². The molecule has 7 unspecified atom stereocenters. The Morgan fingerprint density at radius 1 is 1.57 bits per heavy atom. The van der Waals surface area contributed by atoms with Gasteiger partial charge in [0.15, 0.2) is 0 Å². The number of alkyl halides is 2. The number of nitrogens with zero attached hydrogens (tertiary/aromatic N) is 1. The first kappa shape index (κ1) is 15.9. The molecule has 0 saturated carbocycles. The van der Waals surface area contributed by atoms with Crippen LogP contribution in [0.3, 0.4) is 0 Å². The zero-order chi connectivity index (χ0) is 15.1. The van der Waals surface area contributed by atoms with Crippen LogP contribution in [0.25, 0.3) is 0 Å². The molecule has 10 heteroatoms. The molecule has 0 bridgehead atoms. The fraction of sp³-hybridized carbons (Fsp3) is 0.909. The lowest BCUT2D eigenvalue weighted by Crippen LogP contribution is -2.59. The number of halogens is 2. The number of amides is 1. The summed E-state index contributed by atoms with van der Waals surface area (Å²) in [6.45, 7) is 2.54. The first-order valence-corrected chi connectivity index (χ1v) is 8.78. The van der Waals surface area contributed by atoms with Gasteiger partial charge >= 0.3 is 0 Å². The van der Waals surface area contributed by atoms with E-state index in [2.05, 4.69) is 36.7 Å². The lowest BCUT2D eigenvalue weighted by Gasteiger charge is -2.33. The summed E-state index contributed by atoms with van der Waals surface area (Å²) in [4.78, 5) is 12.7. The van der Waals surface area contributed by atoms with Crippen LogP contribution in [0.1, 0.15) is 6.92 Å². The molecule has 3 aliphatic rings. The van der Waals surface area contributed by atoms with Crippen molar-refractivity contribution in [1.29, 1.82) is 0 Å². The van der Waals surface area contributed by atoms with Crippen molar-refractivity contribution >= 4 is 33.8 Å². The van der Waals surface area contributed by atoms with Gasteiger partial charge in [0.2, 0.25) is 5.91 Å². The van der Waals surface area contributed by atoms with Gasteiger partial charge in [-0.25, -0.2) is 14.8 Å². The van der Waals surface area contributed by atoms with E-state index in [9.17, 15) is 9.18 Å². The van der Waals surface area contributed by atoms with Gasteiger partial charge in [0.25, 0.3) is 0 Å². The minimum atomic E-state index is -0.954. The Kier molecular flexibility index (Phi) is 4.74. The van der Waals surface area contributed by atoms with E-state index in [0.717, 1.165) is 0 Å². The maximum absolute atomic E-state index is 13.4. The van der Waals surface area contributed by atoms with Gasteiger partial charge in [-0.2, -0.15) is 0 Å². The zero-order valence-electron chi connectivity index (χ0n) is 11.6. The lowest BCUT2D eigenvalue weighted by molar-refractivity contribution is -0.127. The van der Waals surface area contributed by atoms with E-state index in [1.54, 1.807) is 5.01 Å². The molecule has 3 rings (SSSR count). The Hall–Kier alpha value is 0.0300. The normalized spacial score (nSPS) is 47.3. The summed E-state index contributed by atoms with van der Waals surface area (Å²) in [5.41, 5.74) is 8.99. The molecule has 7 nitrogen and oxygen atoms in total. The Labute approximate surface area is 135 Å². The Morgan fingerprint density at radius 2 is 2.33 bits per heavy atom. The quantitative estimate of drug-likeness (QED) is 0.303. The SMILES string of the molecule is CC1NSC(NC(=O)C2C(N)NN3CC(F)CNC23)C1Br. The third kappa shape index (κ3) is 3.07. The largest absolute Gasteiger partial charge is 0.341 e. The molecule has 120 valence electrons. The second-order valence-electron chi connectivity index (χ2n) is 5.68. The summed E-state index contributed by atoms with van der Waals surface area (Å²) in [5.74, 6) is -0.570. The Bertz CT molecular complexity index is 420. The van der Waals surface area contributed by atoms with E-state index in [1.807, 2.05) is 6.92 Å². The number of carbonyl (C=O) groups excluding carboxylic acids is 1. The topological polar surface area (TPSA) is 94.4 Å². The smallest absolute Gasteiger partial charge is 0.230 e. The maximum Gasteiger partial charge on any atom is 0.230 e. The third-order valence-corrected chi connectivity index (χ3v) is 6.90. The summed E-state index contributed by atoms with van der Waals surface area (Å²) >= 11 is 5.07. The number of fused-ring (bicyclic) bond motifs is 1. The monoisotopic (exact) mass is 382 g/mol. The van der Waals surface area contributed by atoms with Crippen LogP contribution in [0, 0.1) is 5.92 Å². The first-order chi connectivity index (χ1) is 9.97. The van der Waals surface area contributed by atoms with Gasteiger partial charge in [-0.3, -0.25) is 14.8 Å². The number of hydrogen-bond donors (Lipinski definition) is 5. The summed E-state index contributed by atoms with van der Waals surface area (Å²) in [6.07, 6.45) is -1.74. The van der Waals surface area contributed by atoms with E-state index < -0.39 is 18.3 Å².